The number of rotatable bonds is 3. The number of amides is 3. The number of nitrogens with one attached hydrogen (secondary N) is 2. The lowest BCUT2D eigenvalue weighted by Crippen LogP contribution is -2.49. The highest BCUT2D eigenvalue weighted by atomic mass is 16.5. The van der Waals surface area contributed by atoms with Crippen LogP contribution in [-0.4, -0.2) is 55.6 Å². The minimum absolute atomic E-state index is 0.0125. The highest BCUT2D eigenvalue weighted by Gasteiger charge is 2.38. The maximum absolute atomic E-state index is 12.0. The molecule has 1 rings (SSSR count). The van der Waals surface area contributed by atoms with Crippen molar-refractivity contribution in [2.24, 2.45) is 17.3 Å². The van der Waals surface area contributed by atoms with E-state index in [1.807, 2.05) is 25.7 Å². The van der Waals surface area contributed by atoms with Crippen LogP contribution in [0.4, 0.5) is 4.79 Å². The van der Waals surface area contributed by atoms with Gasteiger partial charge in [-0.15, -0.1) is 0 Å². The highest BCUT2D eigenvalue weighted by molar-refractivity contribution is 5.84. The first-order valence-electron chi connectivity index (χ1n) is 9.46. The number of methoxy groups -OCH3 is 1. The monoisotopic (exact) mass is 387 g/mol. The summed E-state index contributed by atoms with van der Waals surface area (Å²) in [5, 5.41) is 5.39. The first-order valence-corrected chi connectivity index (χ1v) is 9.46. The number of hydrogen-bond donors (Lipinski definition) is 2. The summed E-state index contributed by atoms with van der Waals surface area (Å²) < 4.78 is 3.86. The fourth-order valence-corrected chi connectivity index (χ4v) is 2.13. The van der Waals surface area contributed by atoms with E-state index < -0.39 is 0 Å². The molecule has 0 aromatic rings. The second-order valence-corrected chi connectivity index (χ2v) is 9.29. The lowest BCUT2D eigenvalue weighted by molar-refractivity contribution is -0.129. The summed E-state index contributed by atoms with van der Waals surface area (Å²) in [4.78, 5) is 34.4. The average molecular weight is 388 g/mol. The SMILES string of the molecule is CC(C)C.CC1CN(C(=O)CNC(=O)NC(C)(C)C)CC1(C)C.COC=O. The Hall–Kier alpha value is -1.79. The summed E-state index contributed by atoms with van der Waals surface area (Å²) in [5.74, 6) is 1.31. The molecule has 7 heteroatoms. The van der Waals surface area contributed by atoms with E-state index in [0.717, 1.165) is 19.0 Å². The van der Waals surface area contributed by atoms with Gasteiger partial charge in [0, 0.05) is 18.6 Å². The van der Waals surface area contributed by atoms with Crippen LogP contribution in [0.25, 0.3) is 0 Å². The lowest BCUT2D eigenvalue weighted by atomic mass is 9.84. The maximum atomic E-state index is 12.0. The van der Waals surface area contributed by atoms with Crippen molar-refractivity contribution in [3.8, 4) is 0 Å². The van der Waals surface area contributed by atoms with Crippen molar-refractivity contribution in [2.45, 2.75) is 67.9 Å². The van der Waals surface area contributed by atoms with Crippen LogP contribution in [0.15, 0.2) is 0 Å². The Morgan fingerprint density at radius 3 is 2.00 bits per heavy atom. The summed E-state index contributed by atoms with van der Waals surface area (Å²) in [6, 6.07) is -0.299. The summed E-state index contributed by atoms with van der Waals surface area (Å²) in [5.41, 5.74) is -0.138. The molecule has 1 heterocycles. The molecule has 1 unspecified atom stereocenters. The van der Waals surface area contributed by atoms with Gasteiger partial charge in [0.15, 0.2) is 0 Å². The number of nitrogens with zero attached hydrogens (tertiary/aromatic N) is 1. The van der Waals surface area contributed by atoms with Crippen LogP contribution in [0.3, 0.4) is 0 Å². The highest BCUT2D eigenvalue weighted by Crippen LogP contribution is 2.34. The number of ether oxygens (including phenoxy) is 1. The summed E-state index contributed by atoms with van der Waals surface area (Å²) >= 11 is 0. The van der Waals surface area contributed by atoms with Crippen molar-refractivity contribution in [1.82, 2.24) is 15.5 Å². The molecule has 160 valence electrons. The van der Waals surface area contributed by atoms with Crippen LogP contribution < -0.4 is 10.6 Å². The number of carbonyl (C=O) groups is 3. The number of urea groups is 1. The van der Waals surface area contributed by atoms with Gasteiger partial charge in [0.2, 0.25) is 5.91 Å². The van der Waals surface area contributed by atoms with E-state index in [9.17, 15) is 9.59 Å². The van der Waals surface area contributed by atoms with Crippen LogP contribution in [0.2, 0.25) is 0 Å². The molecule has 0 aromatic heterocycles. The van der Waals surface area contributed by atoms with Crippen LogP contribution in [-0.2, 0) is 14.3 Å². The Morgan fingerprint density at radius 1 is 1.26 bits per heavy atom. The molecular formula is C20H41N3O4. The Labute approximate surface area is 165 Å². The molecule has 0 aromatic carbocycles. The van der Waals surface area contributed by atoms with Gasteiger partial charge >= 0.3 is 6.03 Å². The normalized spacial score (nSPS) is 17.7. The predicted molar refractivity (Wildman–Crippen MR) is 109 cm³/mol. The summed E-state index contributed by atoms with van der Waals surface area (Å²) in [7, 11) is 1.31. The molecule has 0 bridgehead atoms. The van der Waals surface area contributed by atoms with Crippen LogP contribution in [0, 0.1) is 17.3 Å². The zero-order chi connectivity index (χ0) is 21.8. The molecule has 0 radical (unpaired) electrons. The minimum Gasteiger partial charge on any atom is -0.471 e. The van der Waals surface area contributed by atoms with E-state index in [4.69, 9.17) is 4.79 Å². The van der Waals surface area contributed by atoms with Gasteiger partial charge in [-0.2, -0.15) is 0 Å². The lowest BCUT2D eigenvalue weighted by Gasteiger charge is -2.23. The smallest absolute Gasteiger partial charge is 0.315 e. The largest absolute Gasteiger partial charge is 0.471 e. The van der Waals surface area contributed by atoms with Gasteiger partial charge < -0.3 is 20.3 Å². The molecule has 1 fully saturated rings. The van der Waals surface area contributed by atoms with Crippen molar-refractivity contribution >= 4 is 18.4 Å². The van der Waals surface area contributed by atoms with Crippen LogP contribution in [0.1, 0.15) is 62.3 Å². The summed E-state index contributed by atoms with van der Waals surface area (Å²) in [6.45, 7) is 20.7. The Balaban J connectivity index is 0. The van der Waals surface area contributed by atoms with Gasteiger partial charge in [0.05, 0.1) is 13.7 Å². The van der Waals surface area contributed by atoms with Crippen LogP contribution in [0.5, 0.6) is 0 Å². The number of hydrogen-bond acceptors (Lipinski definition) is 4. The van der Waals surface area contributed by atoms with Crippen LogP contribution >= 0.6 is 0 Å². The van der Waals surface area contributed by atoms with Gasteiger partial charge in [-0.1, -0.05) is 41.5 Å². The molecule has 1 saturated heterocycles. The van der Waals surface area contributed by atoms with Crippen molar-refractivity contribution in [2.75, 3.05) is 26.7 Å². The Kier molecular flexibility index (Phi) is 12.8. The van der Waals surface area contributed by atoms with E-state index in [1.54, 1.807) is 0 Å². The molecule has 1 aliphatic rings. The third kappa shape index (κ3) is 15.0. The standard InChI is InChI=1S/C14H27N3O2.C4H10.C2H4O2/c1-10-8-17(9-14(10,5)6)11(18)7-15-12(19)16-13(2,3)4;1-4(2)3;1-4-2-3/h10H,7-9H2,1-6H3,(H2,15,16,19);4H,1-3H3;2H,1H3. The van der Waals surface area contributed by atoms with E-state index in [1.165, 1.54) is 7.11 Å². The van der Waals surface area contributed by atoms with Gasteiger partial charge in [-0.05, 0) is 38.0 Å². The Bertz CT molecular complexity index is 454. The molecule has 0 spiro atoms. The first kappa shape index (κ1) is 27.4. The van der Waals surface area contributed by atoms with Gasteiger partial charge in [0.1, 0.15) is 0 Å². The molecule has 0 saturated carbocycles. The second kappa shape index (κ2) is 12.6. The van der Waals surface area contributed by atoms with E-state index in [-0.39, 0.29) is 29.4 Å². The van der Waals surface area contributed by atoms with Gasteiger partial charge in [0.25, 0.3) is 6.47 Å². The maximum Gasteiger partial charge on any atom is 0.315 e. The average Bonchev–Trinajstić information content (AvgIpc) is 2.76. The number of carbonyl (C=O) groups excluding carboxylic acids is 3. The number of likely N-dealkylation sites (tertiary alicyclic amines) is 1. The quantitative estimate of drug-likeness (QED) is 0.729. The fourth-order valence-electron chi connectivity index (χ4n) is 2.13. The van der Waals surface area contributed by atoms with Gasteiger partial charge in [-0.25, -0.2) is 4.79 Å². The second-order valence-electron chi connectivity index (χ2n) is 9.29. The first-order chi connectivity index (χ1) is 12.2. The van der Waals surface area contributed by atoms with E-state index >= 15 is 0 Å². The van der Waals surface area contributed by atoms with E-state index in [2.05, 4.69) is 56.9 Å². The molecular weight excluding hydrogens is 346 g/mol. The summed E-state index contributed by atoms with van der Waals surface area (Å²) in [6.07, 6.45) is 0. The molecule has 0 aliphatic carbocycles. The molecule has 27 heavy (non-hydrogen) atoms. The zero-order valence-electron chi connectivity index (χ0n) is 18.9. The Morgan fingerprint density at radius 2 is 1.70 bits per heavy atom. The van der Waals surface area contributed by atoms with Crippen molar-refractivity contribution in [1.29, 1.82) is 0 Å². The molecule has 7 nitrogen and oxygen atoms in total. The minimum atomic E-state index is -0.299. The molecule has 2 N–H and O–H groups in total. The fraction of sp³-hybridized carbons (Fsp3) is 0.850. The third-order valence-electron chi connectivity index (χ3n) is 3.76. The van der Waals surface area contributed by atoms with Crippen molar-refractivity contribution < 1.29 is 19.1 Å². The third-order valence-corrected chi connectivity index (χ3v) is 3.76. The molecule has 1 atom stereocenters. The molecule has 1 aliphatic heterocycles. The predicted octanol–water partition coefficient (Wildman–Crippen LogP) is 3.04. The molecule has 3 amide bonds. The van der Waals surface area contributed by atoms with E-state index in [0.29, 0.717) is 12.4 Å². The topological polar surface area (TPSA) is 87.7 Å². The zero-order valence-corrected chi connectivity index (χ0v) is 18.9. The van der Waals surface area contributed by atoms with Crippen molar-refractivity contribution in [3.05, 3.63) is 0 Å². The van der Waals surface area contributed by atoms with Crippen molar-refractivity contribution in [3.63, 3.8) is 0 Å². The van der Waals surface area contributed by atoms with Gasteiger partial charge in [-0.3, -0.25) is 9.59 Å².